The number of fused-ring (bicyclic) bond motifs is 1. The first-order valence-electron chi connectivity index (χ1n) is 8.27. The number of halogens is 3. The van der Waals surface area contributed by atoms with Gasteiger partial charge in [-0.3, -0.25) is 0 Å². The second-order valence-electron chi connectivity index (χ2n) is 6.13. The average molecular weight is 417 g/mol. The van der Waals surface area contributed by atoms with Crippen LogP contribution in [0, 0.1) is 5.82 Å². The molecule has 0 aliphatic carbocycles. The number of aromatic hydroxyl groups is 1. The minimum atomic E-state index is -0.660. The van der Waals surface area contributed by atoms with Crippen LogP contribution in [0.3, 0.4) is 0 Å². The molecule has 0 radical (unpaired) electrons. The molecule has 0 spiro atoms. The van der Waals surface area contributed by atoms with E-state index in [0.29, 0.717) is 10.8 Å². The summed E-state index contributed by atoms with van der Waals surface area (Å²) in [4.78, 5) is 17.0. The highest BCUT2D eigenvalue weighted by Crippen LogP contribution is 2.30. The summed E-state index contributed by atoms with van der Waals surface area (Å²) in [5.74, 6) is -1.03. The quantitative estimate of drug-likeness (QED) is 0.407. The van der Waals surface area contributed by atoms with E-state index < -0.39 is 11.4 Å². The van der Waals surface area contributed by atoms with Crippen molar-refractivity contribution in [2.45, 2.75) is 6.54 Å². The lowest BCUT2D eigenvalue weighted by Crippen LogP contribution is -2.43. The third-order valence-electron chi connectivity index (χ3n) is 4.35. The molecule has 0 atom stereocenters. The van der Waals surface area contributed by atoms with Crippen LogP contribution in [0.5, 0.6) is 5.88 Å². The maximum atomic E-state index is 14.5. The highest BCUT2D eigenvalue weighted by atomic mass is 35.5. The van der Waals surface area contributed by atoms with Crippen LogP contribution in [-0.4, -0.2) is 14.7 Å². The smallest absolute Gasteiger partial charge is 0.354 e. The number of hydrogen-bond acceptors (Lipinski definition) is 3. The van der Waals surface area contributed by atoms with Crippen molar-refractivity contribution in [3.8, 4) is 17.0 Å². The Morgan fingerprint density at radius 1 is 1.14 bits per heavy atom. The van der Waals surface area contributed by atoms with Crippen LogP contribution in [0.15, 0.2) is 65.7 Å². The topological polar surface area (TPSA) is 59.2 Å². The molecule has 0 saturated carbocycles. The van der Waals surface area contributed by atoms with E-state index >= 15 is 0 Å². The molecule has 28 heavy (non-hydrogen) atoms. The first kappa shape index (κ1) is 18.4. The number of aromatic nitrogens is 3. The Bertz CT molecular complexity index is 1260. The first-order valence-corrected chi connectivity index (χ1v) is 9.03. The molecule has 1 N–H and O–H groups in total. The summed E-state index contributed by atoms with van der Waals surface area (Å²) in [5, 5.41) is 11.5. The Labute approximate surface area is 168 Å². The summed E-state index contributed by atoms with van der Waals surface area (Å²) >= 11 is 11.8. The van der Waals surface area contributed by atoms with E-state index in [1.807, 2.05) is 0 Å². The van der Waals surface area contributed by atoms with Crippen LogP contribution >= 0.6 is 23.2 Å². The lowest BCUT2D eigenvalue weighted by molar-refractivity contribution is -0.532. The molecule has 8 heteroatoms. The van der Waals surface area contributed by atoms with Crippen molar-refractivity contribution < 1.29 is 13.9 Å². The molecular weight excluding hydrogens is 404 g/mol. The second-order valence-corrected chi connectivity index (χ2v) is 6.96. The minimum Gasteiger partial charge on any atom is -0.477 e. The Balaban J connectivity index is 2.03. The standard InChI is InChI=1S/C20H12Cl2FN3O2/c21-13-5-6-15(23)14(9-13)18-19(27)25-8-2-1-3-17(25)26(20(18)28)11-12-4-7-16(22)24-10-12/h1-10H,11H2/p+1. The van der Waals surface area contributed by atoms with Gasteiger partial charge in [-0.1, -0.05) is 35.3 Å². The van der Waals surface area contributed by atoms with Gasteiger partial charge >= 0.3 is 5.56 Å². The molecule has 1 aromatic carbocycles. The highest BCUT2D eigenvalue weighted by molar-refractivity contribution is 6.30. The maximum absolute atomic E-state index is 14.5. The zero-order valence-corrected chi connectivity index (χ0v) is 15.8. The van der Waals surface area contributed by atoms with Gasteiger partial charge in [0.15, 0.2) is 5.56 Å². The molecule has 0 aliphatic rings. The van der Waals surface area contributed by atoms with Gasteiger partial charge in [-0.15, -0.1) is 0 Å². The van der Waals surface area contributed by atoms with E-state index in [9.17, 15) is 14.3 Å². The molecule has 4 aromatic rings. The van der Waals surface area contributed by atoms with Gasteiger partial charge in [-0.25, -0.2) is 14.2 Å². The van der Waals surface area contributed by atoms with Crippen molar-refractivity contribution >= 4 is 28.8 Å². The summed E-state index contributed by atoms with van der Waals surface area (Å²) in [6.45, 7) is 0.193. The van der Waals surface area contributed by atoms with Gasteiger partial charge < -0.3 is 5.11 Å². The first-order chi connectivity index (χ1) is 13.5. The van der Waals surface area contributed by atoms with Crippen LogP contribution in [0.25, 0.3) is 16.8 Å². The van der Waals surface area contributed by atoms with Crippen LogP contribution < -0.4 is 9.96 Å². The molecular formula is C20H13Cl2FN3O2+. The predicted octanol–water partition coefficient (Wildman–Crippen LogP) is 3.85. The number of pyridine rings is 2. The second kappa shape index (κ2) is 7.22. The van der Waals surface area contributed by atoms with Gasteiger partial charge in [-0.05, 0) is 30.3 Å². The Kier molecular flexibility index (Phi) is 4.75. The molecule has 0 unspecified atom stereocenters. The minimum absolute atomic E-state index is 0.0729. The summed E-state index contributed by atoms with van der Waals surface area (Å²) in [6.07, 6.45) is 3.12. The normalized spacial score (nSPS) is 11.1. The van der Waals surface area contributed by atoms with Crippen molar-refractivity contribution in [2.24, 2.45) is 0 Å². The van der Waals surface area contributed by atoms with E-state index in [2.05, 4.69) is 4.98 Å². The fourth-order valence-electron chi connectivity index (χ4n) is 3.05. The van der Waals surface area contributed by atoms with Crippen LogP contribution in [0.4, 0.5) is 4.39 Å². The molecule has 5 nitrogen and oxygen atoms in total. The van der Waals surface area contributed by atoms with Gasteiger partial charge in [-0.2, -0.15) is 8.97 Å². The molecule has 3 aromatic heterocycles. The molecule has 140 valence electrons. The fraction of sp³-hybridized carbons (Fsp3) is 0.0500. The Hall–Kier alpha value is -2.96. The van der Waals surface area contributed by atoms with E-state index in [1.54, 1.807) is 42.7 Å². The summed E-state index contributed by atoms with van der Waals surface area (Å²) in [5.41, 5.74) is 0.374. The van der Waals surface area contributed by atoms with Crippen molar-refractivity contribution in [1.29, 1.82) is 0 Å². The van der Waals surface area contributed by atoms with Gasteiger partial charge in [0.2, 0.25) is 0 Å². The van der Waals surface area contributed by atoms with Crippen LogP contribution in [-0.2, 0) is 6.54 Å². The van der Waals surface area contributed by atoms with Crippen molar-refractivity contribution in [1.82, 2.24) is 9.55 Å². The fourth-order valence-corrected chi connectivity index (χ4v) is 3.33. The summed E-state index contributed by atoms with van der Waals surface area (Å²) in [6, 6.07) is 12.3. The average Bonchev–Trinajstić information content (AvgIpc) is 2.69. The summed E-state index contributed by atoms with van der Waals surface area (Å²) in [7, 11) is 0. The van der Waals surface area contributed by atoms with Gasteiger partial charge in [0.05, 0.1) is 6.20 Å². The molecule has 0 fully saturated rings. The number of benzene rings is 1. The molecule has 4 rings (SSSR count). The van der Waals surface area contributed by atoms with E-state index in [-0.39, 0.29) is 28.6 Å². The Morgan fingerprint density at radius 2 is 1.96 bits per heavy atom. The maximum Gasteiger partial charge on any atom is 0.354 e. The van der Waals surface area contributed by atoms with Crippen molar-refractivity contribution in [3.63, 3.8) is 0 Å². The largest absolute Gasteiger partial charge is 0.477 e. The lowest BCUT2D eigenvalue weighted by atomic mass is 10.1. The van der Waals surface area contributed by atoms with Crippen LogP contribution in [0.1, 0.15) is 5.56 Å². The predicted molar refractivity (Wildman–Crippen MR) is 104 cm³/mol. The molecule has 0 aliphatic heterocycles. The molecule has 0 saturated heterocycles. The lowest BCUT2D eigenvalue weighted by Gasteiger charge is -2.11. The van der Waals surface area contributed by atoms with E-state index in [0.717, 1.165) is 11.6 Å². The van der Waals surface area contributed by atoms with Crippen LogP contribution in [0.2, 0.25) is 10.2 Å². The molecule has 0 bridgehead atoms. The third-order valence-corrected chi connectivity index (χ3v) is 4.81. The van der Waals surface area contributed by atoms with Gasteiger partial charge in [0, 0.05) is 28.4 Å². The SMILES string of the molecule is O=c1c(-c2cc(Cl)ccc2F)c(O)n(Cc2ccc(Cl)nc2)c2cccc[n+]12. The highest BCUT2D eigenvalue weighted by Gasteiger charge is 2.27. The zero-order chi connectivity index (χ0) is 19.8. The van der Waals surface area contributed by atoms with Crippen molar-refractivity contribution in [3.05, 3.63) is 92.8 Å². The number of rotatable bonds is 3. The monoisotopic (exact) mass is 416 g/mol. The number of hydrogen-bond donors (Lipinski definition) is 1. The zero-order valence-electron chi connectivity index (χ0n) is 14.3. The third kappa shape index (κ3) is 3.21. The Morgan fingerprint density at radius 3 is 2.71 bits per heavy atom. The van der Waals surface area contributed by atoms with E-state index in [1.165, 1.54) is 21.1 Å². The van der Waals surface area contributed by atoms with Gasteiger partial charge in [0.25, 0.3) is 11.5 Å². The number of nitrogens with zero attached hydrogens (tertiary/aromatic N) is 3. The molecule has 3 heterocycles. The van der Waals surface area contributed by atoms with E-state index in [4.69, 9.17) is 23.2 Å². The molecule has 0 amide bonds. The summed E-state index contributed by atoms with van der Waals surface area (Å²) < 4.78 is 17.3. The van der Waals surface area contributed by atoms with Crippen molar-refractivity contribution in [2.75, 3.05) is 0 Å². The van der Waals surface area contributed by atoms with Gasteiger partial charge in [0.1, 0.15) is 17.5 Å².